The topological polar surface area (TPSA) is 67.7 Å². The zero-order chi connectivity index (χ0) is 27.0. The number of carbonyl (C=O) groups is 2. The van der Waals surface area contributed by atoms with Crippen LogP contribution in [0.25, 0.3) is 5.69 Å². The summed E-state index contributed by atoms with van der Waals surface area (Å²) in [6.45, 7) is 7.80. The molecule has 3 heterocycles. The van der Waals surface area contributed by atoms with Crippen LogP contribution in [0.15, 0.2) is 48.5 Å². The molecule has 5 rings (SSSR count). The maximum absolute atomic E-state index is 13.8. The largest absolute Gasteiger partial charge is 0.497 e. The van der Waals surface area contributed by atoms with Gasteiger partial charge in [-0.05, 0) is 48.7 Å². The number of methoxy groups -OCH3 is 1. The van der Waals surface area contributed by atoms with Crippen LogP contribution in [0.1, 0.15) is 55.7 Å². The average Bonchev–Trinajstić information content (AvgIpc) is 3.55. The van der Waals surface area contributed by atoms with Crippen molar-refractivity contribution in [2.45, 2.75) is 44.3 Å². The van der Waals surface area contributed by atoms with E-state index in [4.69, 9.17) is 21.4 Å². The van der Waals surface area contributed by atoms with Crippen molar-refractivity contribution in [2.75, 3.05) is 37.4 Å². The van der Waals surface area contributed by atoms with Crippen molar-refractivity contribution in [1.29, 1.82) is 0 Å². The number of rotatable bonds is 5. The molecular weight excluding hydrogens is 520 g/mol. The monoisotopic (exact) mass is 552 g/mol. The average molecular weight is 553 g/mol. The fourth-order valence-electron chi connectivity index (χ4n) is 5.11. The molecule has 1 aromatic heterocycles. The first-order valence-electron chi connectivity index (χ1n) is 12.9. The SMILES string of the molecule is COc1ccc(-n2nc(C(C)(C)C)c3c2N(CC(=O)N2CCCC2)C(=O)CSC3c2ccccc2Cl)cc1. The minimum Gasteiger partial charge on any atom is -0.497 e. The maximum atomic E-state index is 13.8. The smallest absolute Gasteiger partial charge is 0.242 e. The number of benzene rings is 2. The molecule has 3 aromatic rings. The third-order valence-corrected chi connectivity index (χ3v) is 8.64. The van der Waals surface area contributed by atoms with Crippen LogP contribution in [0.2, 0.25) is 5.02 Å². The van der Waals surface area contributed by atoms with Crippen LogP contribution in [0.4, 0.5) is 5.82 Å². The summed E-state index contributed by atoms with van der Waals surface area (Å²) in [6.07, 6.45) is 1.99. The van der Waals surface area contributed by atoms with E-state index in [2.05, 4.69) is 20.8 Å². The van der Waals surface area contributed by atoms with Crippen LogP contribution < -0.4 is 9.64 Å². The number of nitrogens with zero attached hydrogens (tertiary/aromatic N) is 4. The number of carbonyl (C=O) groups excluding carboxylic acids is 2. The van der Waals surface area contributed by atoms with Gasteiger partial charge in [0, 0.05) is 29.1 Å². The number of ether oxygens (including phenoxy) is 1. The van der Waals surface area contributed by atoms with Crippen LogP contribution >= 0.6 is 23.4 Å². The minimum absolute atomic E-state index is 0.0208. The normalized spacial score (nSPS) is 17.9. The number of hydrogen-bond acceptors (Lipinski definition) is 5. The second kappa shape index (κ2) is 10.7. The number of anilines is 1. The molecule has 38 heavy (non-hydrogen) atoms. The molecule has 0 radical (unpaired) electrons. The Morgan fingerprint density at radius 1 is 1.11 bits per heavy atom. The first-order valence-corrected chi connectivity index (χ1v) is 14.3. The first-order chi connectivity index (χ1) is 18.2. The van der Waals surface area contributed by atoms with Gasteiger partial charge in [0.05, 0.1) is 29.5 Å². The Bertz CT molecular complexity index is 1340. The Morgan fingerprint density at radius 3 is 2.42 bits per heavy atom. The second-order valence-corrected chi connectivity index (χ2v) is 12.2. The lowest BCUT2D eigenvalue weighted by molar-refractivity contribution is -0.130. The van der Waals surface area contributed by atoms with Gasteiger partial charge in [0.25, 0.3) is 0 Å². The zero-order valence-electron chi connectivity index (χ0n) is 22.2. The fourth-order valence-corrected chi connectivity index (χ4v) is 6.66. The van der Waals surface area contributed by atoms with Crippen LogP contribution in [0.5, 0.6) is 5.75 Å². The summed E-state index contributed by atoms with van der Waals surface area (Å²) < 4.78 is 7.19. The molecule has 9 heteroatoms. The van der Waals surface area contributed by atoms with Gasteiger partial charge in [-0.25, -0.2) is 4.68 Å². The quantitative estimate of drug-likeness (QED) is 0.411. The fraction of sp³-hybridized carbons (Fsp3) is 0.414. The van der Waals surface area contributed by atoms with E-state index in [0.717, 1.165) is 54.2 Å². The minimum atomic E-state index is -0.333. The maximum Gasteiger partial charge on any atom is 0.242 e. The predicted molar refractivity (Wildman–Crippen MR) is 153 cm³/mol. The second-order valence-electron chi connectivity index (χ2n) is 10.7. The van der Waals surface area contributed by atoms with Crippen molar-refractivity contribution >= 4 is 41.0 Å². The third kappa shape index (κ3) is 5.04. The van der Waals surface area contributed by atoms with Gasteiger partial charge in [-0.3, -0.25) is 14.5 Å². The Labute approximate surface area is 233 Å². The van der Waals surface area contributed by atoms with E-state index >= 15 is 0 Å². The van der Waals surface area contributed by atoms with E-state index in [9.17, 15) is 9.59 Å². The highest BCUT2D eigenvalue weighted by Gasteiger charge is 2.40. The molecule has 1 atom stereocenters. The molecule has 0 bridgehead atoms. The number of fused-ring (bicyclic) bond motifs is 1. The Kier molecular flexibility index (Phi) is 7.47. The van der Waals surface area contributed by atoms with Gasteiger partial charge >= 0.3 is 0 Å². The lowest BCUT2D eigenvalue weighted by Crippen LogP contribution is -2.43. The molecule has 200 valence electrons. The van der Waals surface area contributed by atoms with Gasteiger partial charge in [-0.15, -0.1) is 11.8 Å². The Balaban J connectivity index is 1.75. The van der Waals surface area contributed by atoms with Gasteiger partial charge in [-0.1, -0.05) is 50.6 Å². The Hall–Kier alpha value is -2.97. The zero-order valence-corrected chi connectivity index (χ0v) is 23.8. The highest BCUT2D eigenvalue weighted by molar-refractivity contribution is 8.00. The summed E-state index contributed by atoms with van der Waals surface area (Å²) in [5.41, 5.74) is 3.18. The molecular formula is C29H33ClN4O3S. The lowest BCUT2D eigenvalue weighted by Gasteiger charge is -2.26. The lowest BCUT2D eigenvalue weighted by atomic mass is 9.87. The number of aromatic nitrogens is 2. The summed E-state index contributed by atoms with van der Waals surface area (Å²) in [7, 11) is 1.63. The van der Waals surface area contributed by atoms with Crippen molar-refractivity contribution in [3.05, 3.63) is 70.4 Å². The first kappa shape index (κ1) is 26.6. The summed E-state index contributed by atoms with van der Waals surface area (Å²) in [5, 5.41) is 5.54. The van der Waals surface area contributed by atoms with Crippen molar-refractivity contribution in [1.82, 2.24) is 14.7 Å². The van der Waals surface area contributed by atoms with Crippen molar-refractivity contribution in [3.63, 3.8) is 0 Å². The van der Waals surface area contributed by atoms with Gasteiger partial charge < -0.3 is 9.64 Å². The van der Waals surface area contributed by atoms with E-state index < -0.39 is 0 Å². The third-order valence-electron chi connectivity index (χ3n) is 7.06. The number of hydrogen-bond donors (Lipinski definition) is 0. The summed E-state index contributed by atoms with van der Waals surface area (Å²) in [6, 6.07) is 15.4. The standard InChI is InChI=1S/C29H33ClN4O3S/c1-29(2,3)27-25-26(21-9-5-6-10-22(21)30)38-18-24(36)33(17-23(35)32-15-7-8-16-32)28(25)34(31-27)19-11-13-20(37-4)14-12-19/h5-6,9-14,26H,7-8,15-18H2,1-4H3. The molecule has 0 saturated carbocycles. The van der Waals surface area contributed by atoms with Crippen LogP contribution in [-0.2, 0) is 15.0 Å². The molecule has 2 aliphatic heterocycles. The molecule has 2 amide bonds. The van der Waals surface area contributed by atoms with E-state index in [1.165, 1.54) is 11.8 Å². The van der Waals surface area contributed by atoms with Crippen molar-refractivity contribution in [2.24, 2.45) is 0 Å². The van der Waals surface area contributed by atoms with E-state index in [1.807, 2.05) is 58.1 Å². The van der Waals surface area contributed by atoms with Crippen molar-refractivity contribution in [3.8, 4) is 11.4 Å². The number of amides is 2. The molecule has 0 spiro atoms. The highest BCUT2D eigenvalue weighted by Crippen LogP contribution is 2.49. The van der Waals surface area contributed by atoms with Gasteiger partial charge in [0.1, 0.15) is 18.1 Å². The molecule has 0 aliphatic carbocycles. The number of likely N-dealkylation sites (tertiary alicyclic amines) is 1. The van der Waals surface area contributed by atoms with Crippen molar-refractivity contribution < 1.29 is 14.3 Å². The van der Waals surface area contributed by atoms with Gasteiger partial charge in [0.15, 0.2) is 0 Å². The Morgan fingerprint density at radius 2 is 1.79 bits per heavy atom. The van der Waals surface area contributed by atoms with E-state index in [1.54, 1.807) is 12.0 Å². The van der Waals surface area contributed by atoms with E-state index in [-0.39, 0.29) is 34.8 Å². The highest BCUT2D eigenvalue weighted by atomic mass is 35.5. The molecule has 1 unspecified atom stereocenters. The molecule has 2 aromatic carbocycles. The molecule has 1 fully saturated rings. The molecule has 7 nitrogen and oxygen atoms in total. The van der Waals surface area contributed by atoms with Crippen LogP contribution in [-0.4, -0.2) is 59.0 Å². The number of halogens is 1. The molecule has 1 saturated heterocycles. The van der Waals surface area contributed by atoms with Crippen LogP contribution in [0, 0.1) is 0 Å². The summed E-state index contributed by atoms with van der Waals surface area (Å²) >= 11 is 8.27. The predicted octanol–water partition coefficient (Wildman–Crippen LogP) is 5.62. The van der Waals surface area contributed by atoms with E-state index in [0.29, 0.717) is 10.8 Å². The summed E-state index contributed by atoms with van der Waals surface area (Å²) in [5.74, 6) is 1.43. The summed E-state index contributed by atoms with van der Waals surface area (Å²) in [4.78, 5) is 30.7. The molecule has 0 N–H and O–H groups in total. The van der Waals surface area contributed by atoms with Gasteiger partial charge in [-0.2, -0.15) is 5.10 Å². The van der Waals surface area contributed by atoms with Gasteiger partial charge in [0.2, 0.25) is 11.8 Å². The van der Waals surface area contributed by atoms with Crippen LogP contribution in [0.3, 0.4) is 0 Å². The number of thioether (sulfide) groups is 1. The molecule has 2 aliphatic rings.